The van der Waals surface area contributed by atoms with Crippen LogP contribution in [0, 0.1) is 17.3 Å². The molecule has 4 unspecified atom stereocenters. The van der Waals surface area contributed by atoms with E-state index in [1.807, 2.05) is 0 Å². The third-order valence-electron chi connectivity index (χ3n) is 9.55. The van der Waals surface area contributed by atoms with Crippen LogP contribution in [0.1, 0.15) is 141 Å². The lowest BCUT2D eigenvalue weighted by atomic mass is 9.69. The van der Waals surface area contributed by atoms with Crippen LogP contribution in [0.4, 0.5) is 0 Å². The van der Waals surface area contributed by atoms with Crippen LogP contribution in [0.2, 0.25) is 0 Å². The van der Waals surface area contributed by atoms with E-state index in [-0.39, 0.29) is 41.3 Å². The van der Waals surface area contributed by atoms with Crippen LogP contribution in [0.25, 0.3) is 0 Å². The van der Waals surface area contributed by atoms with Gasteiger partial charge in [0.15, 0.2) is 0 Å². The molecule has 214 valence electrons. The summed E-state index contributed by atoms with van der Waals surface area (Å²) in [4.78, 5) is 27.4. The second-order valence-electron chi connectivity index (χ2n) is 13.6. The number of methoxy groups -OCH3 is 1. The topological polar surface area (TPSA) is 63.6 Å². The summed E-state index contributed by atoms with van der Waals surface area (Å²) in [6.45, 7) is 8.67. The van der Waals surface area contributed by atoms with Gasteiger partial charge in [-0.05, 0) is 81.8 Å². The van der Waals surface area contributed by atoms with E-state index in [4.69, 9.17) is 4.74 Å². The lowest BCUT2D eigenvalue weighted by Gasteiger charge is -2.33. The molecule has 2 fully saturated rings. The molecule has 2 aliphatic rings. The number of hydrogen-bond donors (Lipinski definition) is 1. The number of rotatable bonds is 14. The van der Waals surface area contributed by atoms with Gasteiger partial charge in [0.1, 0.15) is 11.6 Å². The molecule has 4 heteroatoms. The molecule has 3 rings (SSSR count). The van der Waals surface area contributed by atoms with Gasteiger partial charge in [-0.3, -0.25) is 9.59 Å². The molecule has 38 heavy (non-hydrogen) atoms. The van der Waals surface area contributed by atoms with Crippen molar-refractivity contribution in [3.8, 4) is 0 Å². The Bertz CT molecular complexity index is 829. The van der Waals surface area contributed by atoms with E-state index >= 15 is 0 Å². The number of hydrogen-bond acceptors (Lipinski definition) is 4. The van der Waals surface area contributed by atoms with Crippen molar-refractivity contribution in [2.24, 2.45) is 17.3 Å². The fourth-order valence-corrected chi connectivity index (χ4v) is 6.73. The maximum absolute atomic E-state index is 13.7. The summed E-state index contributed by atoms with van der Waals surface area (Å²) < 4.78 is 5.55. The normalized spacial score (nSPS) is 25.1. The predicted octanol–water partition coefficient (Wildman–Crippen LogP) is 8.16. The fraction of sp³-hybridized carbons (Fsp3) is 0.765. The van der Waals surface area contributed by atoms with E-state index in [0.29, 0.717) is 11.6 Å². The van der Waals surface area contributed by atoms with Gasteiger partial charge in [-0.1, -0.05) is 76.6 Å². The average molecular weight is 527 g/mol. The van der Waals surface area contributed by atoms with Crippen LogP contribution in [0.3, 0.4) is 0 Å². The van der Waals surface area contributed by atoms with E-state index in [2.05, 4.69) is 52.0 Å². The van der Waals surface area contributed by atoms with Gasteiger partial charge in [0.05, 0.1) is 5.60 Å². The standard InChI is InChI=1S/C34H54O4/c1-33(2,24-35)22-10-8-14-25-16-12-20-29(31(25)36)27-18-6-7-19-28(27)30-21-13-17-26(32(30)37)15-9-11-23-34(3,4)38-5/h6-7,18-19,25-26,29-30,35H,8-17,20-24H2,1-5H3. The van der Waals surface area contributed by atoms with Gasteiger partial charge in [0.2, 0.25) is 0 Å². The van der Waals surface area contributed by atoms with Crippen molar-refractivity contribution in [2.45, 2.75) is 135 Å². The van der Waals surface area contributed by atoms with Crippen molar-refractivity contribution < 1.29 is 19.4 Å². The third-order valence-corrected chi connectivity index (χ3v) is 9.55. The maximum Gasteiger partial charge on any atom is 0.143 e. The van der Waals surface area contributed by atoms with E-state index in [1.54, 1.807) is 7.11 Å². The first-order chi connectivity index (χ1) is 18.1. The number of Topliss-reactive ketones (excluding diaryl/α,β-unsaturated/α-hetero) is 2. The molecular weight excluding hydrogens is 472 g/mol. The van der Waals surface area contributed by atoms with Crippen molar-refractivity contribution in [1.29, 1.82) is 0 Å². The molecule has 0 aliphatic heterocycles. The Balaban J connectivity index is 1.63. The lowest BCUT2D eigenvalue weighted by molar-refractivity contribution is -0.128. The number of ether oxygens (including phenoxy) is 1. The summed E-state index contributed by atoms with van der Waals surface area (Å²) in [6.07, 6.45) is 14.1. The minimum Gasteiger partial charge on any atom is -0.396 e. The Hall–Kier alpha value is -1.52. The maximum atomic E-state index is 13.7. The smallest absolute Gasteiger partial charge is 0.143 e. The molecule has 0 spiro atoms. The van der Waals surface area contributed by atoms with Gasteiger partial charge in [-0.2, -0.15) is 0 Å². The molecule has 0 radical (unpaired) electrons. The quantitative estimate of drug-likeness (QED) is 0.248. The molecule has 0 heterocycles. The zero-order valence-corrected chi connectivity index (χ0v) is 24.9. The van der Waals surface area contributed by atoms with Crippen LogP contribution in [-0.4, -0.2) is 36.0 Å². The van der Waals surface area contributed by atoms with Crippen molar-refractivity contribution in [2.75, 3.05) is 13.7 Å². The summed E-state index contributed by atoms with van der Waals surface area (Å²) >= 11 is 0. The van der Waals surface area contributed by atoms with Gasteiger partial charge in [0, 0.05) is 37.4 Å². The molecule has 1 aromatic carbocycles. The van der Waals surface area contributed by atoms with Crippen LogP contribution < -0.4 is 0 Å². The number of benzene rings is 1. The number of carbonyl (C=O) groups is 2. The number of ketones is 2. The molecule has 1 N–H and O–H groups in total. The Morgan fingerprint density at radius 2 is 1.24 bits per heavy atom. The summed E-state index contributed by atoms with van der Waals surface area (Å²) in [5, 5.41) is 9.52. The van der Waals surface area contributed by atoms with Crippen molar-refractivity contribution in [1.82, 2.24) is 0 Å². The number of aliphatic hydroxyl groups excluding tert-OH is 1. The third kappa shape index (κ3) is 8.49. The molecule has 2 saturated carbocycles. The second-order valence-corrected chi connectivity index (χ2v) is 13.6. The molecule has 4 atom stereocenters. The molecule has 2 aliphatic carbocycles. The molecule has 0 bridgehead atoms. The van der Waals surface area contributed by atoms with Crippen LogP contribution in [-0.2, 0) is 14.3 Å². The highest BCUT2D eigenvalue weighted by Crippen LogP contribution is 2.42. The highest BCUT2D eigenvalue weighted by Gasteiger charge is 2.37. The molecule has 1 aromatic rings. The van der Waals surface area contributed by atoms with E-state index in [0.717, 1.165) is 101 Å². The average Bonchev–Trinajstić information content (AvgIpc) is 2.91. The van der Waals surface area contributed by atoms with Gasteiger partial charge < -0.3 is 9.84 Å². The van der Waals surface area contributed by atoms with Crippen LogP contribution in [0.15, 0.2) is 24.3 Å². The van der Waals surface area contributed by atoms with E-state index in [1.165, 1.54) is 0 Å². The number of carbonyl (C=O) groups excluding carboxylic acids is 2. The number of unbranched alkanes of at least 4 members (excludes halogenated alkanes) is 2. The fourth-order valence-electron chi connectivity index (χ4n) is 6.73. The SMILES string of the molecule is COC(C)(C)CCCCC1CCCC(c2ccccc2C2CCCC(CCCCC(C)(C)CO)C2=O)C1=O. The first-order valence-corrected chi connectivity index (χ1v) is 15.4. The zero-order valence-electron chi connectivity index (χ0n) is 24.9. The lowest BCUT2D eigenvalue weighted by Crippen LogP contribution is -2.31. The minimum atomic E-state index is -0.0988. The van der Waals surface area contributed by atoms with Gasteiger partial charge in [-0.25, -0.2) is 0 Å². The monoisotopic (exact) mass is 526 g/mol. The largest absolute Gasteiger partial charge is 0.396 e. The Labute approximate surface area is 232 Å². The highest BCUT2D eigenvalue weighted by atomic mass is 16.5. The summed E-state index contributed by atoms with van der Waals surface area (Å²) in [5.74, 6) is 0.944. The second kappa shape index (κ2) is 14.2. The predicted molar refractivity (Wildman–Crippen MR) is 156 cm³/mol. The van der Waals surface area contributed by atoms with E-state index in [9.17, 15) is 14.7 Å². The van der Waals surface area contributed by atoms with Crippen molar-refractivity contribution in [3.63, 3.8) is 0 Å². The molecule has 0 amide bonds. The van der Waals surface area contributed by atoms with Gasteiger partial charge >= 0.3 is 0 Å². The first kappa shape index (κ1) is 31.0. The Morgan fingerprint density at radius 1 is 0.763 bits per heavy atom. The minimum absolute atomic E-state index is 0.0387. The Morgan fingerprint density at radius 3 is 1.68 bits per heavy atom. The zero-order chi connectivity index (χ0) is 27.8. The first-order valence-electron chi connectivity index (χ1n) is 15.4. The van der Waals surface area contributed by atoms with Gasteiger partial charge in [0.25, 0.3) is 0 Å². The highest BCUT2D eigenvalue weighted by molar-refractivity contribution is 5.92. The van der Waals surface area contributed by atoms with Crippen LogP contribution in [0.5, 0.6) is 0 Å². The van der Waals surface area contributed by atoms with Crippen molar-refractivity contribution in [3.05, 3.63) is 35.4 Å². The summed E-state index contributed by atoms with van der Waals surface area (Å²) in [7, 11) is 1.77. The van der Waals surface area contributed by atoms with Crippen LogP contribution >= 0.6 is 0 Å². The molecule has 4 nitrogen and oxygen atoms in total. The van der Waals surface area contributed by atoms with Crippen molar-refractivity contribution >= 4 is 11.6 Å². The summed E-state index contributed by atoms with van der Waals surface area (Å²) in [5.41, 5.74) is 2.12. The number of aliphatic hydroxyl groups is 1. The Kier molecular flexibility index (Phi) is 11.6. The molecule has 0 saturated heterocycles. The molecular formula is C34H54O4. The van der Waals surface area contributed by atoms with E-state index < -0.39 is 0 Å². The summed E-state index contributed by atoms with van der Waals surface area (Å²) in [6, 6.07) is 8.37. The van der Waals surface area contributed by atoms with Gasteiger partial charge in [-0.15, -0.1) is 0 Å². The molecule has 0 aromatic heterocycles.